The Morgan fingerprint density at radius 2 is 1.91 bits per heavy atom. The number of aryl methyl sites for hydroxylation is 1. The number of aromatic amines is 1. The van der Waals surface area contributed by atoms with Crippen molar-refractivity contribution in [2.24, 2.45) is 0 Å². The molecule has 4 aromatic rings. The van der Waals surface area contributed by atoms with Crippen LogP contribution in [0.15, 0.2) is 46.2 Å². The van der Waals surface area contributed by atoms with Gasteiger partial charge in [0, 0.05) is 24.8 Å². The van der Waals surface area contributed by atoms with E-state index in [4.69, 9.17) is 0 Å². The number of nitrogens with one attached hydrogen (secondary N) is 1. The highest BCUT2D eigenvalue weighted by Crippen LogP contribution is 2.18. The highest BCUT2D eigenvalue weighted by Gasteiger charge is 2.18. The molecule has 0 bridgehead atoms. The lowest BCUT2D eigenvalue weighted by atomic mass is 10.2. The molecule has 0 aliphatic rings. The second-order valence-corrected chi connectivity index (χ2v) is 7.41. The minimum Gasteiger partial charge on any atom is -0.332 e. The average molecular weight is 434 g/mol. The van der Waals surface area contributed by atoms with E-state index in [1.165, 1.54) is 16.7 Å². The van der Waals surface area contributed by atoms with E-state index in [1.54, 1.807) is 33.8 Å². The second kappa shape index (κ2) is 9.06. The Kier molecular flexibility index (Phi) is 6.03. The molecule has 3 aromatic heterocycles. The molecule has 0 radical (unpaired) electrons. The number of nitrogens with zero attached hydrogens (tertiary/aromatic N) is 5. The summed E-state index contributed by atoms with van der Waals surface area (Å²) in [6, 6.07) is 6.09. The fourth-order valence-electron chi connectivity index (χ4n) is 3.51. The van der Waals surface area contributed by atoms with Crippen molar-refractivity contribution >= 4 is 11.2 Å². The zero-order valence-electron chi connectivity index (χ0n) is 17.9. The van der Waals surface area contributed by atoms with Gasteiger partial charge in [0.25, 0.3) is 5.56 Å². The van der Waals surface area contributed by atoms with Gasteiger partial charge in [0.05, 0.1) is 11.8 Å². The van der Waals surface area contributed by atoms with Gasteiger partial charge in [-0.1, -0.05) is 31.8 Å². The number of rotatable bonds is 6. The number of halogens is 1. The monoisotopic (exact) mass is 434 g/mol. The molecule has 0 amide bonds. The van der Waals surface area contributed by atoms with Crippen molar-refractivity contribution in [3.05, 3.63) is 68.9 Å². The summed E-state index contributed by atoms with van der Waals surface area (Å²) in [4.78, 5) is 33.3. The summed E-state index contributed by atoms with van der Waals surface area (Å²) in [5.74, 6) is 5.98. The maximum Gasteiger partial charge on any atom is 0.332 e. The fraction of sp³-hybridized carbons (Fsp3) is 0.304. The van der Waals surface area contributed by atoms with Gasteiger partial charge in [-0.05, 0) is 31.0 Å². The van der Waals surface area contributed by atoms with Gasteiger partial charge in [0.1, 0.15) is 23.7 Å². The van der Waals surface area contributed by atoms with Gasteiger partial charge in [-0.2, -0.15) is 5.10 Å². The van der Waals surface area contributed by atoms with Crippen LogP contribution in [0.3, 0.4) is 0 Å². The Morgan fingerprint density at radius 1 is 1.12 bits per heavy atom. The Balaban J connectivity index is 1.67. The SMILES string of the molecule is CCCn1c(=O)c2[nH]c(-c3cnn(CC#Cc4cccc(F)c4)c3)nc2n(CCC)c1=O. The van der Waals surface area contributed by atoms with Gasteiger partial charge in [-0.15, -0.1) is 0 Å². The molecule has 164 valence electrons. The van der Waals surface area contributed by atoms with Gasteiger partial charge >= 0.3 is 5.69 Å². The minimum atomic E-state index is -0.369. The third-order valence-corrected chi connectivity index (χ3v) is 4.96. The lowest BCUT2D eigenvalue weighted by Gasteiger charge is -2.09. The van der Waals surface area contributed by atoms with Crippen molar-refractivity contribution in [2.45, 2.75) is 46.3 Å². The largest absolute Gasteiger partial charge is 0.332 e. The molecule has 0 fully saturated rings. The van der Waals surface area contributed by atoms with Crippen molar-refractivity contribution in [1.29, 1.82) is 0 Å². The number of aromatic nitrogens is 6. The quantitative estimate of drug-likeness (QED) is 0.473. The molecular weight excluding hydrogens is 411 g/mol. The third-order valence-electron chi connectivity index (χ3n) is 4.96. The number of fused-ring (bicyclic) bond motifs is 1. The normalized spacial score (nSPS) is 11.0. The Labute approximate surface area is 183 Å². The summed E-state index contributed by atoms with van der Waals surface area (Å²) in [6.07, 6.45) is 4.79. The zero-order chi connectivity index (χ0) is 22.7. The highest BCUT2D eigenvalue weighted by atomic mass is 19.1. The van der Waals surface area contributed by atoms with E-state index in [2.05, 4.69) is 26.9 Å². The van der Waals surface area contributed by atoms with E-state index < -0.39 is 0 Å². The molecule has 0 atom stereocenters. The molecule has 4 rings (SSSR count). The van der Waals surface area contributed by atoms with Crippen LogP contribution in [0.5, 0.6) is 0 Å². The summed E-state index contributed by atoms with van der Waals surface area (Å²) in [7, 11) is 0. The van der Waals surface area contributed by atoms with Crippen LogP contribution in [0.25, 0.3) is 22.6 Å². The van der Waals surface area contributed by atoms with E-state index >= 15 is 0 Å². The summed E-state index contributed by atoms with van der Waals surface area (Å²) in [6.45, 7) is 5.02. The van der Waals surface area contributed by atoms with E-state index in [-0.39, 0.29) is 17.1 Å². The lowest BCUT2D eigenvalue weighted by molar-refractivity contribution is 0.555. The average Bonchev–Trinajstić information content (AvgIpc) is 3.42. The van der Waals surface area contributed by atoms with Gasteiger partial charge in [-0.3, -0.25) is 18.6 Å². The van der Waals surface area contributed by atoms with E-state index in [9.17, 15) is 14.0 Å². The van der Waals surface area contributed by atoms with Crippen LogP contribution in [0.1, 0.15) is 32.3 Å². The van der Waals surface area contributed by atoms with Crippen LogP contribution in [-0.2, 0) is 19.6 Å². The van der Waals surface area contributed by atoms with Crippen molar-refractivity contribution in [3.8, 4) is 23.2 Å². The van der Waals surface area contributed by atoms with Gasteiger partial charge in [-0.25, -0.2) is 14.2 Å². The fourth-order valence-corrected chi connectivity index (χ4v) is 3.51. The number of imidazole rings is 1. The second-order valence-electron chi connectivity index (χ2n) is 7.41. The van der Waals surface area contributed by atoms with Crippen LogP contribution < -0.4 is 11.2 Å². The van der Waals surface area contributed by atoms with Crippen molar-refractivity contribution in [2.75, 3.05) is 0 Å². The lowest BCUT2D eigenvalue weighted by Crippen LogP contribution is -2.40. The predicted octanol–water partition coefficient (Wildman–Crippen LogP) is 2.76. The van der Waals surface area contributed by atoms with Crippen LogP contribution in [0.2, 0.25) is 0 Å². The van der Waals surface area contributed by atoms with Crippen molar-refractivity contribution in [1.82, 2.24) is 28.9 Å². The molecule has 0 saturated heterocycles. The van der Waals surface area contributed by atoms with E-state index in [0.717, 1.165) is 6.42 Å². The Morgan fingerprint density at radius 3 is 2.66 bits per heavy atom. The van der Waals surface area contributed by atoms with Gasteiger partial charge in [0.2, 0.25) is 0 Å². The summed E-state index contributed by atoms with van der Waals surface area (Å²) >= 11 is 0. The van der Waals surface area contributed by atoms with Crippen LogP contribution in [-0.4, -0.2) is 28.9 Å². The first-order valence-corrected chi connectivity index (χ1v) is 10.5. The first-order valence-electron chi connectivity index (χ1n) is 10.5. The molecular formula is C23H23FN6O2. The standard InChI is InChI=1S/C23H23FN6O2/c1-3-10-29-21-19(22(31)30(11-4-2)23(29)32)26-20(27-21)17-14-25-28(15-17)12-6-8-16-7-5-9-18(24)13-16/h5,7,9,13-15H,3-4,10-12H2,1-2H3,(H,26,27). The number of H-pyrrole nitrogens is 1. The van der Waals surface area contributed by atoms with E-state index in [1.807, 2.05) is 13.8 Å². The predicted molar refractivity (Wildman–Crippen MR) is 120 cm³/mol. The molecule has 0 saturated carbocycles. The minimum absolute atomic E-state index is 0.306. The topological polar surface area (TPSA) is 90.5 Å². The summed E-state index contributed by atoms with van der Waals surface area (Å²) in [5, 5.41) is 4.29. The maximum absolute atomic E-state index is 13.3. The smallest absolute Gasteiger partial charge is 0.332 e. The van der Waals surface area contributed by atoms with Crippen molar-refractivity contribution in [3.63, 3.8) is 0 Å². The number of hydrogen-bond donors (Lipinski definition) is 1. The van der Waals surface area contributed by atoms with Gasteiger partial charge in [0.15, 0.2) is 5.65 Å². The highest BCUT2D eigenvalue weighted by molar-refractivity contribution is 5.75. The Hall–Kier alpha value is -3.93. The first-order chi connectivity index (χ1) is 15.5. The van der Waals surface area contributed by atoms with Crippen molar-refractivity contribution < 1.29 is 4.39 Å². The molecule has 0 spiro atoms. The maximum atomic E-state index is 13.3. The molecule has 0 aliphatic heterocycles. The molecule has 32 heavy (non-hydrogen) atoms. The third kappa shape index (κ3) is 4.12. The molecule has 9 heteroatoms. The number of benzene rings is 1. The van der Waals surface area contributed by atoms with E-state index in [0.29, 0.717) is 54.2 Å². The first kappa shape index (κ1) is 21.3. The molecule has 0 unspecified atom stereocenters. The number of hydrogen-bond acceptors (Lipinski definition) is 4. The zero-order valence-corrected chi connectivity index (χ0v) is 17.9. The molecule has 0 aliphatic carbocycles. The van der Waals surface area contributed by atoms with Gasteiger partial charge < -0.3 is 4.98 Å². The molecule has 8 nitrogen and oxygen atoms in total. The molecule has 1 aromatic carbocycles. The van der Waals surface area contributed by atoms with Crippen LogP contribution in [0.4, 0.5) is 4.39 Å². The van der Waals surface area contributed by atoms with Crippen LogP contribution >= 0.6 is 0 Å². The molecule has 3 heterocycles. The summed E-state index contributed by atoms with van der Waals surface area (Å²) < 4.78 is 17.7. The summed E-state index contributed by atoms with van der Waals surface area (Å²) in [5.41, 5.74) is 1.21. The van der Waals surface area contributed by atoms with Crippen LogP contribution in [0, 0.1) is 17.7 Å². The molecule has 1 N–H and O–H groups in total. The Bertz CT molecular complexity index is 1450.